The molecule has 0 aromatic heterocycles. The van der Waals surface area contributed by atoms with Crippen LogP contribution in [-0.2, 0) is 6.42 Å². The van der Waals surface area contributed by atoms with Crippen molar-refractivity contribution in [1.82, 2.24) is 0 Å². The summed E-state index contributed by atoms with van der Waals surface area (Å²) in [7, 11) is 0. The Morgan fingerprint density at radius 3 is 2.65 bits per heavy atom. The van der Waals surface area contributed by atoms with Crippen LogP contribution in [0.1, 0.15) is 11.1 Å². The molecule has 2 heteroatoms. The predicted octanol–water partition coefficient (Wildman–Crippen LogP) is 5.42. The Hall–Kier alpha value is -0.860. The first kappa shape index (κ1) is 10.1. The van der Waals surface area contributed by atoms with Gasteiger partial charge < -0.3 is 0 Å². The van der Waals surface area contributed by atoms with Crippen molar-refractivity contribution in [2.24, 2.45) is 0 Å². The zero-order valence-corrected chi connectivity index (χ0v) is 12.1. The second-order valence-corrected chi connectivity index (χ2v) is 6.19. The van der Waals surface area contributed by atoms with Gasteiger partial charge in [-0.25, -0.2) is 0 Å². The third kappa shape index (κ3) is 1.28. The fraction of sp³-hybridized carbons (Fsp3) is 0.0667. The molecule has 2 bridgehead atoms. The quantitative estimate of drug-likeness (QED) is 0.372. The third-order valence-corrected chi connectivity index (χ3v) is 5.65. The monoisotopic (exact) mass is 346 g/mol. The Labute approximate surface area is 116 Å². The summed E-state index contributed by atoms with van der Waals surface area (Å²) < 4.78 is 2.34. The molecule has 0 spiro atoms. The molecule has 0 atom stereocenters. The van der Waals surface area contributed by atoms with Crippen LogP contribution in [-0.4, -0.2) is 0 Å². The van der Waals surface area contributed by atoms with Crippen molar-refractivity contribution < 1.29 is 0 Å². The summed E-state index contributed by atoms with van der Waals surface area (Å²) in [4.78, 5) is 0. The van der Waals surface area contributed by atoms with Gasteiger partial charge in [-0.1, -0.05) is 18.2 Å². The van der Waals surface area contributed by atoms with Gasteiger partial charge in [0.05, 0.1) is 0 Å². The zero-order valence-electron chi connectivity index (χ0n) is 8.93. The minimum atomic E-state index is 1.02. The molecule has 0 aliphatic heterocycles. The van der Waals surface area contributed by atoms with Crippen molar-refractivity contribution in [2.45, 2.75) is 6.42 Å². The normalized spacial score (nSPS) is 13.1. The van der Waals surface area contributed by atoms with Crippen LogP contribution in [0.5, 0.6) is 0 Å². The summed E-state index contributed by atoms with van der Waals surface area (Å²) in [6.07, 6.45) is 1.02. The van der Waals surface area contributed by atoms with E-state index in [0.717, 1.165) is 10.9 Å². The first-order valence-electron chi connectivity index (χ1n) is 5.56. The maximum Gasteiger partial charge on any atom is 0.0359 e. The van der Waals surface area contributed by atoms with Gasteiger partial charge in [-0.05, 0) is 89.2 Å². The van der Waals surface area contributed by atoms with E-state index in [9.17, 15) is 0 Å². The average Bonchev–Trinajstić information content (AvgIpc) is 2.35. The van der Waals surface area contributed by atoms with Crippen LogP contribution in [0.4, 0.5) is 0 Å². The van der Waals surface area contributed by atoms with Gasteiger partial charge in [-0.15, -0.1) is 0 Å². The maximum absolute atomic E-state index is 3.69. The summed E-state index contributed by atoms with van der Waals surface area (Å²) in [5.74, 6) is 0. The van der Waals surface area contributed by atoms with E-state index in [0.29, 0.717) is 0 Å². The van der Waals surface area contributed by atoms with Crippen LogP contribution in [0.3, 0.4) is 0 Å². The number of rotatable bonds is 0. The van der Waals surface area contributed by atoms with Gasteiger partial charge in [0.1, 0.15) is 0 Å². The van der Waals surface area contributed by atoms with Crippen molar-refractivity contribution >= 4 is 53.4 Å². The molecule has 0 radical (unpaired) electrons. The van der Waals surface area contributed by atoms with E-state index in [1.165, 1.54) is 37.1 Å². The van der Waals surface area contributed by atoms with Crippen LogP contribution < -0.4 is 0 Å². The fourth-order valence-electron chi connectivity index (χ4n) is 2.77. The molecule has 0 heterocycles. The second-order valence-electron chi connectivity index (χ2n) is 4.54. The lowest BCUT2D eigenvalue weighted by atomic mass is 9.88. The minimum absolute atomic E-state index is 1.02. The van der Waals surface area contributed by atoms with Crippen molar-refractivity contribution in [1.29, 1.82) is 0 Å². The number of halogens is 2. The molecule has 0 saturated carbocycles. The summed E-state index contributed by atoms with van der Waals surface area (Å²) in [5.41, 5.74) is 2.82. The number of hydrogen-bond acceptors (Lipinski definition) is 0. The highest BCUT2D eigenvalue weighted by atomic mass is 79.9. The Morgan fingerprint density at radius 1 is 0.882 bits per heavy atom. The molecule has 0 nitrogen and oxygen atoms in total. The van der Waals surface area contributed by atoms with Crippen LogP contribution in [0.2, 0.25) is 0 Å². The third-order valence-electron chi connectivity index (χ3n) is 3.59. The van der Waals surface area contributed by atoms with Crippen molar-refractivity contribution in [3.05, 3.63) is 56.5 Å². The highest BCUT2D eigenvalue weighted by Crippen LogP contribution is 2.40. The molecule has 0 N–H and O–H groups in total. The lowest BCUT2D eigenvalue weighted by molar-refractivity contribution is 1.20. The fourth-order valence-corrected chi connectivity index (χ4v) is 3.72. The summed E-state index contributed by atoms with van der Waals surface area (Å²) in [6, 6.07) is 13.4. The molecule has 4 rings (SSSR count). The van der Waals surface area contributed by atoms with E-state index in [1.54, 1.807) is 0 Å². The van der Waals surface area contributed by atoms with E-state index in [2.05, 4.69) is 68.3 Å². The topological polar surface area (TPSA) is 0 Å². The van der Waals surface area contributed by atoms with Gasteiger partial charge in [0, 0.05) is 8.95 Å². The van der Waals surface area contributed by atoms with Crippen LogP contribution in [0, 0.1) is 0 Å². The van der Waals surface area contributed by atoms with Crippen LogP contribution >= 0.6 is 31.9 Å². The molecule has 17 heavy (non-hydrogen) atoms. The molecular formula is C15H8Br2. The molecule has 82 valence electrons. The molecule has 0 unspecified atom stereocenters. The van der Waals surface area contributed by atoms with Gasteiger partial charge in [-0.2, -0.15) is 0 Å². The van der Waals surface area contributed by atoms with Gasteiger partial charge in [-0.3, -0.25) is 0 Å². The molecule has 1 aliphatic carbocycles. The molecule has 0 amide bonds. The van der Waals surface area contributed by atoms with Crippen LogP contribution in [0.15, 0.2) is 45.3 Å². The van der Waals surface area contributed by atoms with Gasteiger partial charge in [0.15, 0.2) is 0 Å². The Balaban J connectivity index is 2.34. The SMILES string of the molecule is Brc1cc2cc3cccc4c3cc2c(c1Br)C4. The Bertz CT molecular complexity index is 788. The standard InChI is InChI=1S/C15H8Br2/c16-14-6-10-4-8-2-1-3-9-5-13(15(14)17)12(10)7-11(8)9/h1-4,6-7H,5H2. The molecule has 0 saturated heterocycles. The largest absolute Gasteiger partial charge is 0.0613 e. The van der Waals surface area contributed by atoms with Crippen molar-refractivity contribution in [2.75, 3.05) is 0 Å². The first-order chi connectivity index (χ1) is 8.24. The molecule has 0 fully saturated rings. The Kier molecular flexibility index (Phi) is 1.98. The lowest BCUT2D eigenvalue weighted by Gasteiger charge is -2.19. The lowest BCUT2D eigenvalue weighted by Crippen LogP contribution is -1.99. The zero-order chi connectivity index (χ0) is 11.6. The van der Waals surface area contributed by atoms with Crippen LogP contribution in [0.25, 0.3) is 21.5 Å². The van der Waals surface area contributed by atoms with Crippen molar-refractivity contribution in [3.63, 3.8) is 0 Å². The molecule has 3 aromatic carbocycles. The summed E-state index contributed by atoms with van der Waals surface area (Å²) in [5, 5.41) is 5.45. The number of hydrogen-bond donors (Lipinski definition) is 0. The highest BCUT2D eigenvalue weighted by molar-refractivity contribution is 9.13. The summed E-state index contributed by atoms with van der Waals surface area (Å²) >= 11 is 7.32. The average molecular weight is 348 g/mol. The van der Waals surface area contributed by atoms with Crippen molar-refractivity contribution in [3.8, 4) is 0 Å². The van der Waals surface area contributed by atoms with E-state index in [-0.39, 0.29) is 0 Å². The highest BCUT2D eigenvalue weighted by Gasteiger charge is 2.17. The maximum atomic E-state index is 3.69. The number of benzene rings is 3. The smallest absolute Gasteiger partial charge is 0.0359 e. The molecular weight excluding hydrogens is 340 g/mol. The molecule has 3 aromatic rings. The molecule has 1 aliphatic rings. The van der Waals surface area contributed by atoms with Gasteiger partial charge in [0.2, 0.25) is 0 Å². The van der Waals surface area contributed by atoms with Gasteiger partial charge >= 0.3 is 0 Å². The van der Waals surface area contributed by atoms with E-state index >= 15 is 0 Å². The van der Waals surface area contributed by atoms with E-state index < -0.39 is 0 Å². The first-order valence-corrected chi connectivity index (χ1v) is 7.15. The summed E-state index contributed by atoms with van der Waals surface area (Å²) in [6.45, 7) is 0. The second kappa shape index (κ2) is 3.33. The van der Waals surface area contributed by atoms with E-state index in [4.69, 9.17) is 0 Å². The Morgan fingerprint density at radius 2 is 1.76 bits per heavy atom. The van der Waals surface area contributed by atoms with Gasteiger partial charge in [0.25, 0.3) is 0 Å². The predicted molar refractivity (Wildman–Crippen MR) is 79.7 cm³/mol. The minimum Gasteiger partial charge on any atom is -0.0613 e. The van der Waals surface area contributed by atoms with E-state index in [1.807, 2.05) is 0 Å².